The van der Waals surface area contributed by atoms with E-state index in [9.17, 15) is 14.9 Å². The fraction of sp³-hybridized carbons (Fsp3) is 0.321. The Balaban J connectivity index is 1.45. The van der Waals surface area contributed by atoms with E-state index in [0.29, 0.717) is 10.6 Å². The van der Waals surface area contributed by atoms with Gasteiger partial charge in [0.2, 0.25) is 5.91 Å². The summed E-state index contributed by atoms with van der Waals surface area (Å²) in [4.78, 5) is 36.4. The highest BCUT2D eigenvalue weighted by atomic mass is 32.1. The van der Waals surface area contributed by atoms with Crippen molar-refractivity contribution in [3.63, 3.8) is 0 Å². The smallest absolute Gasteiger partial charge is 0.267 e. The molecule has 0 N–H and O–H groups in total. The average molecular weight is 484 g/mol. The third kappa shape index (κ3) is 3.32. The van der Waals surface area contributed by atoms with Crippen LogP contribution in [0.25, 0.3) is 0 Å². The summed E-state index contributed by atoms with van der Waals surface area (Å²) in [7, 11) is 0. The molecule has 3 heterocycles. The van der Waals surface area contributed by atoms with Gasteiger partial charge >= 0.3 is 0 Å². The van der Waals surface area contributed by atoms with Crippen molar-refractivity contribution in [3.8, 4) is 6.07 Å². The molecule has 6 nitrogen and oxygen atoms in total. The van der Waals surface area contributed by atoms with Crippen LogP contribution in [0.2, 0.25) is 0 Å². The monoisotopic (exact) mass is 483 g/mol. The van der Waals surface area contributed by atoms with E-state index < -0.39 is 18.1 Å². The Kier molecular flexibility index (Phi) is 5.24. The van der Waals surface area contributed by atoms with Gasteiger partial charge in [0.15, 0.2) is 6.10 Å². The fourth-order valence-corrected chi connectivity index (χ4v) is 6.91. The summed E-state index contributed by atoms with van der Waals surface area (Å²) in [5.74, 6) is -1.38. The maximum atomic E-state index is 14.0. The molecule has 6 rings (SSSR count). The maximum Gasteiger partial charge on any atom is 0.267 e. The summed E-state index contributed by atoms with van der Waals surface area (Å²) < 4.78 is 0. The van der Waals surface area contributed by atoms with E-state index in [2.05, 4.69) is 6.07 Å². The van der Waals surface area contributed by atoms with E-state index in [1.54, 1.807) is 5.06 Å². The molecule has 2 aromatic carbocycles. The van der Waals surface area contributed by atoms with Crippen molar-refractivity contribution in [3.05, 3.63) is 81.2 Å². The number of carbonyl (C=O) groups excluding carboxylic acids is 2. The molecule has 0 saturated carbocycles. The van der Waals surface area contributed by atoms with Crippen LogP contribution in [0.4, 0.5) is 10.7 Å². The van der Waals surface area contributed by atoms with E-state index in [1.165, 1.54) is 16.2 Å². The molecule has 0 bridgehead atoms. The van der Waals surface area contributed by atoms with Crippen molar-refractivity contribution in [2.45, 2.75) is 51.7 Å². The number of rotatable bonds is 3. The molecule has 1 aliphatic carbocycles. The van der Waals surface area contributed by atoms with Crippen LogP contribution in [0.3, 0.4) is 0 Å². The molecule has 0 spiro atoms. The summed E-state index contributed by atoms with van der Waals surface area (Å²) in [5.41, 5.74) is 5.36. The summed E-state index contributed by atoms with van der Waals surface area (Å²) >= 11 is 1.42. The number of anilines is 2. The molecule has 2 saturated heterocycles. The van der Waals surface area contributed by atoms with Gasteiger partial charge in [-0.1, -0.05) is 48.0 Å². The number of benzene rings is 2. The lowest BCUT2D eigenvalue weighted by atomic mass is 9.90. The van der Waals surface area contributed by atoms with Crippen LogP contribution >= 0.6 is 11.3 Å². The largest absolute Gasteiger partial charge is 0.273 e. The van der Waals surface area contributed by atoms with Gasteiger partial charge in [-0.2, -0.15) is 5.26 Å². The van der Waals surface area contributed by atoms with Crippen LogP contribution in [0.15, 0.2) is 48.5 Å². The standard InChI is InChI=1S/C28H25N3O3S/c1-16-11-13-18(14-12-16)24-23-25(34-31(24)21-9-5-3-7-17(21)2)27(33)30(26(23)32)28-20(15-29)19-8-4-6-10-22(19)35-28/h3,5,7,9,11-14,23-25H,4,6,8,10H2,1-2H3/t23-,24+,25-/m0/s1. The van der Waals surface area contributed by atoms with Crippen molar-refractivity contribution < 1.29 is 14.4 Å². The minimum Gasteiger partial charge on any atom is -0.273 e. The second kappa shape index (κ2) is 8.33. The molecule has 176 valence electrons. The van der Waals surface area contributed by atoms with Crippen LogP contribution in [-0.4, -0.2) is 17.9 Å². The summed E-state index contributed by atoms with van der Waals surface area (Å²) in [6.07, 6.45) is 2.87. The topological polar surface area (TPSA) is 73.6 Å². The number of para-hydroxylation sites is 1. The van der Waals surface area contributed by atoms with Gasteiger partial charge in [-0.3, -0.25) is 14.4 Å². The van der Waals surface area contributed by atoms with Crippen LogP contribution in [0.1, 0.15) is 51.6 Å². The quantitative estimate of drug-likeness (QED) is 0.481. The molecular formula is C28H25N3O3S. The Morgan fingerprint density at radius 2 is 1.74 bits per heavy atom. The van der Waals surface area contributed by atoms with E-state index in [0.717, 1.165) is 58.5 Å². The molecule has 2 amide bonds. The number of thiophene rings is 1. The molecule has 0 unspecified atom stereocenters. The van der Waals surface area contributed by atoms with E-state index in [-0.39, 0.29) is 11.8 Å². The zero-order chi connectivity index (χ0) is 24.3. The van der Waals surface area contributed by atoms with Gasteiger partial charge in [0.1, 0.15) is 17.0 Å². The molecule has 3 aliphatic rings. The number of fused-ring (bicyclic) bond motifs is 2. The summed E-state index contributed by atoms with van der Waals surface area (Å²) in [6, 6.07) is 17.7. The molecule has 3 aromatic rings. The van der Waals surface area contributed by atoms with Crippen molar-refractivity contribution >= 4 is 33.8 Å². The van der Waals surface area contributed by atoms with Crippen molar-refractivity contribution in [1.29, 1.82) is 5.26 Å². The molecule has 2 aliphatic heterocycles. The highest BCUT2D eigenvalue weighted by molar-refractivity contribution is 7.17. The maximum absolute atomic E-state index is 14.0. The Labute approximate surface area is 208 Å². The molecule has 1 aromatic heterocycles. The number of aryl methyl sites for hydroxylation is 3. The lowest BCUT2D eigenvalue weighted by Gasteiger charge is -2.29. The van der Waals surface area contributed by atoms with E-state index >= 15 is 0 Å². The number of hydrogen-bond donors (Lipinski definition) is 0. The highest BCUT2D eigenvalue weighted by Crippen LogP contribution is 2.50. The zero-order valence-electron chi connectivity index (χ0n) is 19.7. The van der Waals surface area contributed by atoms with E-state index in [4.69, 9.17) is 4.84 Å². The predicted molar refractivity (Wildman–Crippen MR) is 134 cm³/mol. The summed E-state index contributed by atoms with van der Waals surface area (Å²) in [5, 5.41) is 12.2. The van der Waals surface area contributed by atoms with Crippen LogP contribution in [0, 0.1) is 31.1 Å². The molecular weight excluding hydrogens is 458 g/mol. The third-order valence-corrected chi connectivity index (χ3v) is 8.63. The Hall–Kier alpha value is -3.47. The van der Waals surface area contributed by atoms with Crippen molar-refractivity contribution in [1.82, 2.24) is 0 Å². The summed E-state index contributed by atoms with van der Waals surface area (Å²) in [6.45, 7) is 4.01. The van der Waals surface area contributed by atoms with Gasteiger partial charge in [-0.05, 0) is 62.3 Å². The van der Waals surface area contributed by atoms with Crippen LogP contribution in [0.5, 0.6) is 0 Å². The van der Waals surface area contributed by atoms with Gasteiger partial charge < -0.3 is 0 Å². The van der Waals surface area contributed by atoms with Crippen LogP contribution < -0.4 is 9.96 Å². The first-order valence-corrected chi connectivity index (χ1v) is 12.8. The number of nitrogens with zero attached hydrogens (tertiary/aromatic N) is 3. The first-order valence-electron chi connectivity index (χ1n) is 12.0. The van der Waals surface area contributed by atoms with Crippen molar-refractivity contribution in [2.75, 3.05) is 9.96 Å². The Morgan fingerprint density at radius 3 is 2.49 bits per heavy atom. The van der Waals surface area contributed by atoms with Gasteiger partial charge in [0.05, 0.1) is 17.3 Å². The third-order valence-electron chi connectivity index (χ3n) is 7.35. The minimum absolute atomic E-state index is 0.295. The normalized spacial score (nSPS) is 23.4. The molecule has 3 atom stereocenters. The lowest BCUT2D eigenvalue weighted by Crippen LogP contribution is -2.37. The predicted octanol–water partition coefficient (Wildman–Crippen LogP) is 5.17. The second-order valence-electron chi connectivity index (χ2n) is 9.53. The number of carbonyl (C=O) groups is 2. The second-order valence-corrected chi connectivity index (χ2v) is 10.6. The van der Waals surface area contributed by atoms with E-state index in [1.807, 2.05) is 62.4 Å². The number of amides is 2. The number of hydrogen-bond acceptors (Lipinski definition) is 6. The molecule has 35 heavy (non-hydrogen) atoms. The lowest BCUT2D eigenvalue weighted by molar-refractivity contribution is -0.126. The Bertz CT molecular complexity index is 1390. The van der Waals surface area contributed by atoms with Gasteiger partial charge in [-0.25, -0.2) is 9.96 Å². The SMILES string of the molecule is Cc1ccc([C@@H]2[C@@H]3C(=O)N(c4sc5c(c4C#N)CCCC5)C(=O)[C@H]3ON2c2ccccc2C)cc1. The number of imide groups is 1. The average Bonchev–Trinajstić information content (AvgIpc) is 3.50. The molecule has 7 heteroatoms. The first-order chi connectivity index (χ1) is 17.0. The van der Waals surface area contributed by atoms with Crippen molar-refractivity contribution in [2.24, 2.45) is 5.92 Å². The zero-order valence-corrected chi connectivity index (χ0v) is 20.5. The van der Waals surface area contributed by atoms with Crippen LogP contribution in [-0.2, 0) is 27.3 Å². The molecule has 2 fully saturated rings. The van der Waals surface area contributed by atoms with Gasteiger partial charge in [-0.15, -0.1) is 11.3 Å². The molecule has 0 radical (unpaired) electrons. The Morgan fingerprint density at radius 1 is 1.00 bits per heavy atom. The first kappa shape index (κ1) is 22.0. The fourth-order valence-electron chi connectivity index (χ4n) is 5.56. The number of nitriles is 1. The highest BCUT2D eigenvalue weighted by Gasteiger charge is 2.61. The van der Waals surface area contributed by atoms with Gasteiger partial charge in [0.25, 0.3) is 5.91 Å². The minimum atomic E-state index is -0.931. The number of hydroxylamine groups is 1. The van der Waals surface area contributed by atoms with Gasteiger partial charge in [0, 0.05) is 4.88 Å².